The summed E-state index contributed by atoms with van der Waals surface area (Å²) in [5.74, 6) is -2.10. The largest absolute Gasteiger partial charge is 0.385 e. The maximum Gasteiger partial charge on any atom is 0.315 e. The van der Waals surface area contributed by atoms with Crippen LogP contribution in [0.2, 0.25) is 0 Å². The Morgan fingerprint density at radius 2 is 2.16 bits per heavy atom. The molecule has 140 valence electrons. The minimum atomic E-state index is -1.70. The molecule has 3 N–H and O–H groups in total. The molecule has 1 fully saturated rings. The van der Waals surface area contributed by atoms with Gasteiger partial charge < -0.3 is 20.5 Å². The van der Waals surface area contributed by atoms with E-state index in [-0.39, 0.29) is 12.0 Å². The van der Waals surface area contributed by atoms with Crippen molar-refractivity contribution in [3.63, 3.8) is 0 Å². The van der Waals surface area contributed by atoms with Gasteiger partial charge in [0.15, 0.2) is 11.6 Å². The van der Waals surface area contributed by atoms with Gasteiger partial charge in [-0.3, -0.25) is 0 Å². The lowest BCUT2D eigenvalue weighted by atomic mass is 9.77. The molecule has 1 aliphatic heterocycles. The van der Waals surface area contributed by atoms with E-state index in [9.17, 15) is 18.7 Å². The van der Waals surface area contributed by atoms with Gasteiger partial charge in [-0.05, 0) is 44.6 Å². The lowest BCUT2D eigenvalue weighted by molar-refractivity contribution is -0.0629. The number of carbonyl (C=O) groups excluding carboxylic acids is 1. The quantitative estimate of drug-likeness (QED) is 0.738. The molecular formula is C18H26F2N2O3. The second-order valence-electron chi connectivity index (χ2n) is 6.52. The highest BCUT2D eigenvalue weighted by Gasteiger charge is 2.45. The fourth-order valence-electron chi connectivity index (χ4n) is 3.65. The van der Waals surface area contributed by atoms with Crippen molar-refractivity contribution in [3.8, 4) is 0 Å². The predicted octanol–water partition coefficient (Wildman–Crippen LogP) is 2.90. The van der Waals surface area contributed by atoms with E-state index in [2.05, 4.69) is 0 Å². The fourth-order valence-corrected chi connectivity index (χ4v) is 3.65. The summed E-state index contributed by atoms with van der Waals surface area (Å²) in [4.78, 5) is 13.2. The first-order valence-corrected chi connectivity index (χ1v) is 8.63. The van der Waals surface area contributed by atoms with Crippen molar-refractivity contribution in [1.82, 2.24) is 4.90 Å². The van der Waals surface area contributed by atoms with Crippen molar-refractivity contribution in [2.75, 3.05) is 20.3 Å². The number of amides is 2. The van der Waals surface area contributed by atoms with Gasteiger partial charge in [0.1, 0.15) is 5.60 Å². The monoisotopic (exact) mass is 356 g/mol. The number of carbonyl (C=O) groups is 1. The van der Waals surface area contributed by atoms with Crippen LogP contribution >= 0.6 is 0 Å². The molecular weight excluding hydrogens is 330 g/mol. The average Bonchev–Trinajstić information content (AvgIpc) is 2.61. The summed E-state index contributed by atoms with van der Waals surface area (Å²) in [6.07, 6.45) is 3.43. The Balaban J connectivity index is 2.40. The lowest BCUT2D eigenvalue weighted by Crippen LogP contribution is -2.57. The van der Waals surface area contributed by atoms with E-state index in [1.807, 2.05) is 0 Å². The summed E-state index contributed by atoms with van der Waals surface area (Å²) in [5.41, 5.74) is 3.64. The lowest BCUT2D eigenvalue weighted by Gasteiger charge is -2.45. The number of benzene rings is 1. The van der Waals surface area contributed by atoms with Crippen LogP contribution in [0.3, 0.4) is 0 Å². The second-order valence-corrected chi connectivity index (χ2v) is 6.52. The summed E-state index contributed by atoms with van der Waals surface area (Å²) in [5, 5.41) is 11.4. The number of likely N-dealkylation sites (tertiary alicyclic amines) is 1. The van der Waals surface area contributed by atoms with E-state index in [1.165, 1.54) is 17.0 Å². The number of ether oxygens (including phenoxy) is 1. The minimum Gasteiger partial charge on any atom is -0.385 e. The molecule has 0 bridgehead atoms. The van der Waals surface area contributed by atoms with Crippen molar-refractivity contribution in [1.29, 1.82) is 0 Å². The number of hydrogen-bond donors (Lipinski definition) is 2. The molecule has 25 heavy (non-hydrogen) atoms. The Bertz CT molecular complexity index is 600. The van der Waals surface area contributed by atoms with Crippen molar-refractivity contribution >= 4 is 6.03 Å². The third-order valence-corrected chi connectivity index (χ3v) is 4.91. The number of aliphatic hydroxyl groups is 1. The first-order chi connectivity index (χ1) is 11.9. The standard InChI is InChI=1S/C18H26F2N2O3/c1-25-12-5-3-10-18(24,13-7-6-8-14(19)16(13)20)15-9-2-4-11-22(15)17(21)23/h6-8,15,24H,2-5,9-12H2,1H3,(H2,21,23)/t15?,18-/m0/s1. The highest BCUT2D eigenvalue weighted by molar-refractivity contribution is 5.72. The number of halogens is 2. The van der Waals surface area contributed by atoms with E-state index >= 15 is 0 Å². The number of piperidine rings is 1. The zero-order valence-electron chi connectivity index (χ0n) is 14.5. The van der Waals surface area contributed by atoms with E-state index in [0.29, 0.717) is 32.4 Å². The number of methoxy groups -OCH3 is 1. The van der Waals surface area contributed by atoms with Crippen LogP contribution in [-0.2, 0) is 10.3 Å². The molecule has 2 amide bonds. The van der Waals surface area contributed by atoms with E-state index in [1.54, 1.807) is 7.11 Å². The molecule has 1 saturated heterocycles. The zero-order chi connectivity index (χ0) is 18.4. The predicted molar refractivity (Wildman–Crippen MR) is 89.9 cm³/mol. The van der Waals surface area contributed by atoms with Gasteiger partial charge in [-0.1, -0.05) is 12.1 Å². The number of hydrogen-bond acceptors (Lipinski definition) is 3. The Morgan fingerprint density at radius 3 is 2.84 bits per heavy atom. The Kier molecular flexibility index (Phi) is 6.72. The van der Waals surface area contributed by atoms with Gasteiger partial charge in [0, 0.05) is 25.8 Å². The van der Waals surface area contributed by atoms with Crippen molar-refractivity contribution < 1.29 is 23.4 Å². The van der Waals surface area contributed by atoms with E-state index in [4.69, 9.17) is 10.5 Å². The van der Waals surface area contributed by atoms with E-state index in [0.717, 1.165) is 18.9 Å². The van der Waals surface area contributed by atoms with Gasteiger partial charge in [-0.25, -0.2) is 13.6 Å². The summed E-state index contributed by atoms with van der Waals surface area (Å²) in [6.45, 7) is 0.906. The second kappa shape index (κ2) is 8.58. The van der Waals surface area contributed by atoms with Gasteiger partial charge in [0.25, 0.3) is 0 Å². The van der Waals surface area contributed by atoms with Gasteiger partial charge >= 0.3 is 6.03 Å². The Morgan fingerprint density at radius 1 is 1.40 bits per heavy atom. The zero-order valence-corrected chi connectivity index (χ0v) is 14.5. The molecule has 0 aromatic heterocycles. The smallest absolute Gasteiger partial charge is 0.315 e. The van der Waals surface area contributed by atoms with Crippen LogP contribution in [0.1, 0.15) is 44.1 Å². The molecule has 0 saturated carbocycles. The molecule has 0 aliphatic carbocycles. The molecule has 1 aromatic rings. The topological polar surface area (TPSA) is 75.8 Å². The third kappa shape index (κ3) is 4.27. The van der Waals surface area contributed by atoms with Crippen molar-refractivity contribution in [3.05, 3.63) is 35.4 Å². The SMILES string of the molecule is COCCCC[C@](O)(c1cccc(F)c1F)C1CCCCN1C(N)=O. The number of urea groups is 1. The molecule has 2 rings (SSSR count). The summed E-state index contributed by atoms with van der Waals surface area (Å²) in [7, 11) is 1.58. The van der Waals surface area contributed by atoms with Crippen LogP contribution in [0, 0.1) is 11.6 Å². The normalized spacial score (nSPS) is 20.3. The van der Waals surface area contributed by atoms with Gasteiger partial charge in [0.05, 0.1) is 6.04 Å². The molecule has 1 heterocycles. The minimum absolute atomic E-state index is 0.122. The van der Waals surface area contributed by atoms with Gasteiger partial charge in [0.2, 0.25) is 0 Å². The maximum absolute atomic E-state index is 14.5. The van der Waals surface area contributed by atoms with Crippen molar-refractivity contribution in [2.45, 2.75) is 50.2 Å². The highest BCUT2D eigenvalue weighted by Crippen LogP contribution is 2.39. The van der Waals surface area contributed by atoms with Crippen LogP contribution in [0.4, 0.5) is 13.6 Å². The van der Waals surface area contributed by atoms with E-state index < -0.39 is 29.3 Å². The number of primary amides is 1. The number of nitrogens with two attached hydrogens (primary N) is 1. The van der Waals surface area contributed by atoms with Crippen LogP contribution in [0.15, 0.2) is 18.2 Å². The Labute approximate surface area is 146 Å². The summed E-state index contributed by atoms with van der Waals surface area (Å²) < 4.78 is 33.2. The van der Waals surface area contributed by atoms with Crippen LogP contribution in [0.25, 0.3) is 0 Å². The third-order valence-electron chi connectivity index (χ3n) is 4.91. The molecule has 2 atom stereocenters. The van der Waals surface area contributed by atoms with Crippen LogP contribution in [-0.4, -0.2) is 42.3 Å². The fraction of sp³-hybridized carbons (Fsp3) is 0.611. The molecule has 1 unspecified atom stereocenters. The highest BCUT2D eigenvalue weighted by atomic mass is 19.2. The molecule has 5 nitrogen and oxygen atoms in total. The molecule has 1 aliphatic rings. The first kappa shape index (κ1) is 19.6. The van der Waals surface area contributed by atoms with Gasteiger partial charge in [-0.15, -0.1) is 0 Å². The molecule has 0 radical (unpaired) electrons. The summed E-state index contributed by atoms with van der Waals surface area (Å²) >= 11 is 0. The van der Waals surface area contributed by atoms with Crippen LogP contribution in [0.5, 0.6) is 0 Å². The first-order valence-electron chi connectivity index (χ1n) is 8.63. The van der Waals surface area contributed by atoms with Crippen LogP contribution < -0.4 is 5.73 Å². The number of rotatable bonds is 7. The number of unbranched alkanes of at least 4 members (excludes halogenated alkanes) is 1. The Hall–Kier alpha value is -1.73. The van der Waals surface area contributed by atoms with Gasteiger partial charge in [-0.2, -0.15) is 0 Å². The molecule has 7 heteroatoms. The molecule has 1 aromatic carbocycles. The summed E-state index contributed by atoms with van der Waals surface area (Å²) in [6, 6.07) is 2.42. The number of nitrogens with zero attached hydrogens (tertiary/aromatic N) is 1. The average molecular weight is 356 g/mol. The molecule has 0 spiro atoms. The van der Waals surface area contributed by atoms with Crippen molar-refractivity contribution in [2.24, 2.45) is 5.73 Å². The maximum atomic E-state index is 14.5.